The molecule has 1 aromatic rings. The van der Waals surface area contributed by atoms with Crippen molar-refractivity contribution in [3.8, 4) is 5.75 Å². The van der Waals surface area contributed by atoms with Gasteiger partial charge in [0, 0.05) is 0 Å². The smallest absolute Gasteiger partial charge is 0.809 e. The molecule has 2 atom stereocenters. The van der Waals surface area contributed by atoms with Gasteiger partial charge in [-0.3, -0.25) is 4.57 Å². The molecule has 0 spiro atoms. The largest absolute Gasteiger partial charge is 1.00 e. The predicted octanol–water partition coefficient (Wildman–Crippen LogP) is -12.8. The van der Waals surface area contributed by atoms with Crippen LogP contribution in [0.25, 0.3) is 0 Å². The summed E-state index contributed by atoms with van der Waals surface area (Å²) in [7, 11) is -10.7. The van der Waals surface area contributed by atoms with Crippen molar-refractivity contribution in [1.82, 2.24) is 5.32 Å². The van der Waals surface area contributed by atoms with Gasteiger partial charge in [-0.15, -0.1) is 0 Å². The summed E-state index contributed by atoms with van der Waals surface area (Å²) in [6, 6.07) is 7.10. The van der Waals surface area contributed by atoms with Gasteiger partial charge in [-0.1, -0.05) is 18.2 Å². The molecule has 0 aromatic heterocycles. The molecule has 0 saturated carbocycles. The van der Waals surface area contributed by atoms with E-state index in [9.17, 15) is 23.8 Å². The Morgan fingerprint density at radius 3 is 1.76 bits per heavy atom. The van der Waals surface area contributed by atoms with Crippen LogP contribution in [0.4, 0.5) is 0 Å². The van der Waals surface area contributed by atoms with Crippen LogP contribution in [0.5, 0.6) is 5.75 Å². The van der Waals surface area contributed by atoms with Crippen molar-refractivity contribution in [3.05, 3.63) is 30.3 Å². The molecule has 130 valence electrons. The second-order valence-corrected chi connectivity index (χ2v) is 7.59. The van der Waals surface area contributed by atoms with Crippen molar-refractivity contribution in [1.29, 1.82) is 0 Å². The topological polar surface area (TPSA) is 245 Å². The first-order valence-corrected chi connectivity index (χ1v) is 8.39. The number of hydrogen-bond donors (Lipinski definition) is 2. The number of para-hydroxylation sites is 1. The Kier molecular flexibility index (Phi) is 29.7. The van der Waals surface area contributed by atoms with Crippen molar-refractivity contribution in [2.45, 2.75) is 5.52 Å². The normalized spacial score (nSPS) is 12.3. The number of rotatable bonds is 5. The van der Waals surface area contributed by atoms with E-state index in [4.69, 9.17) is 5.73 Å². The van der Waals surface area contributed by atoms with Crippen LogP contribution in [0.2, 0.25) is 0 Å². The molecule has 0 bridgehead atoms. The van der Waals surface area contributed by atoms with Crippen LogP contribution in [-0.4, -0.2) is 27.1 Å². The molecule has 0 fully saturated rings. The number of nitrogens with two attached hydrogens (primary N) is 1. The number of benzene rings is 1. The first-order chi connectivity index (χ1) is 8.63. The summed E-state index contributed by atoms with van der Waals surface area (Å²) >= 11 is 4.33. The van der Waals surface area contributed by atoms with Gasteiger partial charge >= 0.3 is 88.7 Å². The second kappa shape index (κ2) is 18.0. The van der Waals surface area contributed by atoms with Crippen LogP contribution < -0.4 is 119 Å². The minimum atomic E-state index is -5.57. The van der Waals surface area contributed by atoms with Gasteiger partial charge in [0.15, 0.2) is 5.11 Å². The fraction of sp³-hybridized carbons (Fsp3) is 0.125. The maximum Gasteiger partial charge on any atom is 1.00 e. The zero-order valence-electron chi connectivity index (χ0n) is 13.8. The van der Waals surface area contributed by atoms with Crippen LogP contribution in [0.1, 0.15) is 0 Å². The average Bonchev–Trinajstić information content (AvgIpc) is 2.25. The quantitative estimate of drug-likeness (QED) is 0.247. The van der Waals surface area contributed by atoms with E-state index in [1.165, 1.54) is 24.3 Å². The summed E-state index contributed by atoms with van der Waals surface area (Å²) in [4.78, 5) is 33.6. The first kappa shape index (κ1) is 41.3. The van der Waals surface area contributed by atoms with E-state index in [2.05, 4.69) is 16.7 Å². The standard InChI is InChI=1S/C8H12N2O6P2S.3Na.3H2O/c9-7(19)10-8(17(11,12)13)18(14,15)16-6-4-2-1-3-5-6;;;;;;/h1-5,8H,(H,14,15)(H3,9,10,19)(H2,11,12,13);;;;3*1H2/q;3*+1;;;/p-3. The average molecular weight is 446 g/mol. The van der Waals surface area contributed by atoms with Crippen LogP contribution >= 0.6 is 27.4 Å². The fourth-order valence-corrected chi connectivity index (χ4v) is 4.07. The number of thiocarbonyl (C=S) groups is 1. The summed E-state index contributed by atoms with van der Waals surface area (Å²) < 4.78 is 27.2. The summed E-state index contributed by atoms with van der Waals surface area (Å²) in [5, 5.41) is 1.05. The molecule has 25 heavy (non-hydrogen) atoms. The van der Waals surface area contributed by atoms with E-state index in [1.54, 1.807) is 11.4 Å². The first-order valence-electron chi connectivity index (χ1n) is 4.76. The number of nitrogens with one attached hydrogen (secondary N) is 1. The van der Waals surface area contributed by atoms with E-state index in [1.807, 2.05) is 0 Å². The van der Waals surface area contributed by atoms with Crippen LogP contribution in [0, 0.1) is 0 Å². The molecule has 2 unspecified atom stereocenters. The Morgan fingerprint density at radius 2 is 1.44 bits per heavy atom. The zero-order valence-corrected chi connectivity index (χ0v) is 22.4. The summed E-state index contributed by atoms with van der Waals surface area (Å²) in [6.45, 7) is 0. The SMILES string of the molecule is NC(=S)NC(P(=O)([O-])[O-])P(=O)([O-])Oc1ccccc1.O.O.O.[Na+].[Na+].[Na+]. The minimum absolute atomic E-state index is 0. The molecule has 0 heterocycles. The van der Waals surface area contributed by atoms with E-state index in [0.29, 0.717) is 0 Å². The molecule has 0 aliphatic heterocycles. The molecule has 0 radical (unpaired) electrons. The third kappa shape index (κ3) is 15.5. The Balaban J connectivity index is -0.000000150. The Morgan fingerprint density at radius 1 is 1.04 bits per heavy atom. The summed E-state index contributed by atoms with van der Waals surface area (Å²) in [5.41, 5.74) is 2.43. The van der Waals surface area contributed by atoms with Gasteiger partial charge in [0.1, 0.15) is 11.3 Å². The Hall–Kier alpha value is 1.93. The Bertz CT molecular complexity index is 565. The van der Waals surface area contributed by atoms with Gasteiger partial charge < -0.3 is 51.2 Å². The molecule has 0 aliphatic rings. The van der Waals surface area contributed by atoms with Gasteiger partial charge in [0.2, 0.25) is 7.60 Å². The van der Waals surface area contributed by atoms with Gasteiger partial charge in [-0.05, 0) is 31.9 Å². The summed E-state index contributed by atoms with van der Waals surface area (Å²) in [5.74, 6) is -0.135. The van der Waals surface area contributed by atoms with E-state index >= 15 is 0 Å². The maximum atomic E-state index is 11.7. The van der Waals surface area contributed by atoms with Crippen molar-refractivity contribution in [2.24, 2.45) is 5.73 Å². The van der Waals surface area contributed by atoms with Gasteiger partial charge in [0.05, 0.1) is 0 Å². The minimum Gasteiger partial charge on any atom is -0.809 e. The Labute approximate surface area is 216 Å². The van der Waals surface area contributed by atoms with Crippen LogP contribution in [0.3, 0.4) is 0 Å². The van der Waals surface area contributed by atoms with Crippen molar-refractivity contribution < 1.29 is 133 Å². The molecule has 1 rings (SSSR count). The molecular formula is C8H15N2Na3O9P2S. The molecule has 11 nitrogen and oxygen atoms in total. The summed E-state index contributed by atoms with van der Waals surface area (Å²) in [6.07, 6.45) is 0. The van der Waals surface area contributed by atoms with Crippen LogP contribution in [-0.2, 0) is 9.13 Å². The molecule has 0 amide bonds. The van der Waals surface area contributed by atoms with Crippen molar-refractivity contribution in [3.63, 3.8) is 0 Å². The van der Waals surface area contributed by atoms with Gasteiger partial charge in [-0.25, -0.2) is 0 Å². The number of hydrogen-bond acceptors (Lipinski definition) is 7. The third-order valence-electron chi connectivity index (χ3n) is 1.85. The molecule has 0 aliphatic carbocycles. The molecule has 17 heteroatoms. The zero-order chi connectivity index (χ0) is 14.7. The monoisotopic (exact) mass is 446 g/mol. The fourth-order valence-electron chi connectivity index (χ4n) is 1.14. The molecule has 0 saturated heterocycles. The van der Waals surface area contributed by atoms with E-state index < -0.39 is 25.8 Å². The molecule has 9 N–H and O–H groups in total. The van der Waals surface area contributed by atoms with E-state index in [-0.39, 0.29) is 111 Å². The van der Waals surface area contributed by atoms with Crippen LogP contribution in [0.15, 0.2) is 30.3 Å². The van der Waals surface area contributed by atoms with Crippen molar-refractivity contribution in [2.75, 3.05) is 0 Å². The maximum absolute atomic E-state index is 11.7. The molecule has 1 aromatic carbocycles. The van der Waals surface area contributed by atoms with E-state index in [0.717, 1.165) is 0 Å². The van der Waals surface area contributed by atoms with Crippen molar-refractivity contribution >= 4 is 32.5 Å². The second-order valence-electron chi connectivity index (χ2n) is 3.37. The molecular weight excluding hydrogens is 431 g/mol. The van der Waals surface area contributed by atoms with Gasteiger partial charge in [-0.2, -0.15) is 0 Å². The third-order valence-corrected chi connectivity index (χ3v) is 5.58. The predicted molar refractivity (Wildman–Crippen MR) is 76.8 cm³/mol. The van der Waals surface area contributed by atoms with Gasteiger partial charge in [0.25, 0.3) is 0 Å².